The summed E-state index contributed by atoms with van der Waals surface area (Å²) in [5, 5.41) is 32.0. The average Bonchev–Trinajstić information content (AvgIpc) is 3.00. The lowest BCUT2D eigenvalue weighted by Crippen LogP contribution is -2.70. The lowest BCUT2D eigenvalue weighted by atomic mass is 9.37. The normalized spacial score (nSPS) is 26.2. The van der Waals surface area contributed by atoms with Crippen molar-refractivity contribution in [2.45, 2.75) is 121 Å². The fourth-order valence-electron chi connectivity index (χ4n) is 7.78. The van der Waals surface area contributed by atoms with Crippen LogP contribution in [0.5, 0.6) is 11.5 Å². The molecule has 0 aromatic heterocycles. The van der Waals surface area contributed by atoms with Crippen LogP contribution in [-0.2, 0) is 14.4 Å². The van der Waals surface area contributed by atoms with Gasteiger partial charge >= 0.3 is 0 Å². The molecule has 1 aromatic rings. The largest absolute Gasteiger partial charge is 0.506 e. The summed E-state index contributed by atoms with van der Waals surface area (Å²) in [7, 11) is 0. The van der Waals surface area contributed by atoms with E-state index in [2.05, 4.69) is 45.9 Å². The molecule has 3 rings (SSSR count). The molecule has 0 aliphatic heterocycles. The maximum atomic E-state index is 15.4. The van der Waals surface area contributed by atoms with Gasteiger partial charge in [0.15, 0.2) is 28.8 Å². The second-order valence-electron chi connectivity index (χ2n) is 15.6. The zero-order chi connectivity index (χ0) is 36.9. The maximum absolute atomic E-state index is 15.4. The number of aromatic hydroxyl groups is 2. The van der Waals surface area contributed by atoms with Crippen molar-refractivity contribution in [2.75, 3.05) is 0 Å². The summed E-state index contributed by atoms with van der Waals surface area (Å²) in [4.78, 5) is 45.6. The molecule has 2 aliphatic carbocycles. The molecule has 4 atom stereocenters. The number of hydrogen-bond acceptors (Lipinski definition) is 6. The van der Waals surface area contributed by atoms with Crippen molar-refractivity contribution >= 4 is 23.1 Å². The number of carbonyl (C=O) groups is 3. The monoisotopic (exact) mass is 670 g/mol. The molecular weight excluding hydrogens is 612 g/mol. The summed E-state index contributed by atoms with van der Waals surface area (Å²) in [5.41, 5.74) is 1.11. The summed E-state index contributed by atoms with van der Waals surface area (Å²) < 4.78 is 0. The minimum atomic E-state index is -1.63. The number of aliphatic hydroxyl groups is 1. The third-order valence-corrected chi connectivity index (χ3v) is 10.8. The molecule has 0 saturated heterocycles. The molecule has 2 aliphatic rings. The Hall–Kier alpha value is -3.93. The topological polar surface area (TPSA) is 112 Å². The first-order valence-electron chi connectivity index (χ1n) is 17.6. The first-order valence-corrected chi connectivity index (χ1v) is 17.6. The van der Waals surface area contributed by atoms with Crippen LogP contribution in [0.15, 0.2) is 82.0 Å². The predicted octanol–water partition coefficient (Wildman–Crippen LogP) is 10.6. The Kier molecular flexibility index (Phi) is 12.7. The van der Waals surface area contributed by atoms with Crippen LogP contribution in [0, 0.1) is 22.2 Å². The Morgan fingerprint density at radius 3 is 1.90 bits per heavy atom. The van der Waals surface area contributed by atoms with Crippen LogP contribution >= 0.6 is 0 Å². The highest BCUT2D eigenvalue weighted by Gasteiger charge is 2.74. The highest BCUT2D eigenvalue weighted by atomic mass is 16.3. The standard InChI is InChI=1S/C43H58O6/c1-27(2)13-11-15-31(9)16-18-33-26-42(23-20-29(5)6)38(47)36(37(46)32-17-19-34(44)35(45)25-32)39(48)43(40(42)49,24-21-30(7)8)41(33,10)22-12-14-28(3)4/h13-14,16-17,19-21,25,33,44-46H,11-12,15,18,22-24,26H2,1-10H3/b31-16-,37-36?/t33-,41+,42+,43-/m1/s1. The quantitative estimate of drug-likeness (QED) is 0.0481. The molecule has 0 heterocycles. The lowest BCUT2D eigenvalue weighted by molar-refractivity contribution is -0.178. The number of allylic oxidation sites excluding steroid dienone is 11. The summed E-state index contributed by atoms with van der Waals surface area (Å²) >= 11 is 0. The first kappa shape index (κ1) is 39.5. The van der Waals surface area contributed by atoms with Gasteiger partial charge in [-0.1, -0.05) is 65.2 Å². The molecular formula is C43H58O6. The van der Waals surface area contributed by atoms with Crippen LogP contribution in [0.25, 0.3) is 5.76 Å². The van der Waals surface area contributed by atoms with Crippen molar-refractivity contribution in [1.29, 1.82) is 0 Å². The summed E-state index contributed by atoms with van der Waals surface area (Å²) in [6.45, 7) is 20.1. The summed E-state index contributed by atoms with van der Waals surface area (Å²) in [5.74, 6) is -3.33. The van der Waals surface area contributed by atoms with E-state index < -0.39 is 50.6 Å². The summed E-state index contributed by atoms with van der Waals surface area (Å²) in [6.07, 6.45) is 14.6. The third-order valence-electron chi connectivity index (χ3n) is 10.8. The molecule has 2 saturated carbocycles. The molecule has 3 N–H and O–H groups in total. The number of fused-ring (bicyclic) bond motifs is 2. The average molecular weight is 671 g/mol. The van der Waals surface area contributed by atoms with Gasteiger partial charge in [0.1, 0.15) is 16.7 Å². The van der Waals surface area contributed by atoms with Crippen molar-refractivity contribution in [3.05, 3.63) is 87.6 Å². The van der Waals surface area contributed by atoms with Crippen LogP contribution in [-0.4, -0.2) is 32.7 Å². The van der Waals surface area contributed by atoms with Crippen LogP contribution in [0.2, 0.25) is 0 Å². The van der Waals surface area contributed by atoms with E-state index in [0.29, 0.717) is 19.3 Å². The Labute approximate surface area is 294 Å². The molecule has 0 unspecified atom stereocenters. The Bertz CT molecular complexity index is 1650. The van der Waals surface area contributed by atoms with Crippen molar-refractivity contribution in [1.82, 2.24) is 0 Å². The Morgan fingerprint density at radius 1 is 0.755 bits per heavy atom. The number of Topliss-reactive ketones (excluding diaryl/α,β-unsaturated/α-hetero) is 3. The zero-order valence-electron chi connectivity index (χ0n) is 31.4. The Balaban J connectivity index is 2.44. The van der Waals surface area contributed by atoms with Gasteiger partial charge in [-0.2, -0.15) is 0 Å². The number of aliphatic hydroxyl groups excluding tert-OH is 1. The molecule has 0 spiro atoms. The lowest BCUT2D eigenvalue weighted by Gasteiger charge is -2.61. The first-order chi connectivity index (χ1) is 22.8. The number of phenolic OH excluding ortho intramolecular Hbond substituents is 2. The molecule has 0 amide bonds. The van der Waals surface area contributed by atoms with Crippen molar-refractivity contribution < 1.29 is 29.7 Å². The second kappa shape index (κ2) is 15.7. The van der Waals surface area contributed by atoms with E-state index in [1.165, 1.54) is 23.3 Å². The van der Waals surface area contributed by atoms with Crippen molar-refractivity contribution in [2.24, 2.45) is 22.2 Å². The molecule has 6 nitrogen and oxygen atoms in total. The molecule has 2 fully saturated rings. The van der Waals surface area contributed by atoms with Crippen LogP contribution < -0.4 is 0 Å². The zero-order valence-corrected chi connectivity index (χ0v) is 31.4. The highest BCUT2D eigenvalue weighted by molar-refractivity contribution is 6.41. The van der Waals surface area contributed by atoms with Gasteiger partial charge in [0.2, 0.25) is 0 Å². The molecule has 0 radical (unpaired) electrons. The fraction of sp³-hybridized carbons (Fsp3) is 0.512. The van der Waals surface area contributed by atoms with Gasteiger partial charge in [-0.05, 0) is 143 Å². The van der Waals surface area contributed by atoms with Gasteiger partial charge in [-0.25, -0.2) is 0 Å². The number of ketones is 3. The minimum absolute atomic E-state index is 0.0202. The van der Waals surface area contributed by atoms with E-state index in [9.17, 15) is 20.1 Å². The molecule has 266 valence electrons. The van der Waals surface area contributed by atoms with E-state index in [4.69, 9.17) is 0 Å². The number of benzene rings is 1. The van der Waals surface area contributed by atoms with Crippen LogP contribution in [0.4, 0.5) is 0 Å². The van der Waals surface area contributed by atoms with Crippen LogP contribution in [0.1, 0.15) is 126 Å². The second-order valence-corrected chi connectivity index (χ2v) is 15.6. The van der Waals surface area contributed by atoms with Gasteiger partial charge in [0, 0.05) is 5.56 Å². The van der Waals surface area contributed by atoms with Crippen LogP contribution in [0.3, 0.4) is 0 Å². The SMILES string of the molecule is CC(C)=CCC/C(C)=C\C[C@@H]1C[C@@]2(CC=C(C)C)C(=O)C(=C(O)c3ccc(O)c(O)c3)C(=O)[C@](CC=C(C)C)(C2=O)[C@@]1(C)CCC=C(C)C. The predicted molar refractivity (Wildman–Crippen MR) is 199 cm³/mol. The minimum Gasteiger partial charge on any atom is -0.506 e. The van der Waals surface area contributed by atoms with Gasteiger partial charge in [0.25, 0.3) is 0 Å². The van der Waals surface area contributed by atoms with Gasteiger partial charge < -0.3 is 15.3 Å². The van der Waals surface area contributed by atoms with E-state index in [0.717, 1.165) is 35.6 Å². The number of rotatable bonds is 13. The van der Waals surface area contributed by atoms with E-state index >= 15 is 9.59 Å². The fourth-order valence-corrected chi connectivity index (χ4v) is 7.78. The van der Waals surface area contributed by atoms with Gasteiger partial charge in [0.05, 0.1) is 5.41 Å². The van der Waals surface area contributed by atoms with Gasteiger partial charge in [-0.15, -0.1) is 0 Å². The van der Waals surface area contributed by atoms with Crippen molar-refractivity contribution in [3.63, 3.8) is 0 Å². The smallest absolute Gasteiger partial charge is 0.184 e. The number of phenols is 2. The third kappa shape index (κ3) is 7.95. The molecule has 1 aromatic carbocycles. The van der Waals surface area contributed by atoms with E-state index in [-0.39, 0.29) is 36.5 Å². The van der Waals surface area contributed by atoms with E-state index in [1.54, 1.807) is 0 Å². The summed E-state index contributed by atoms with van der Waals surface area (Å²) in [6, 6.07) is 3.69. The molecule has 6 heteroatoms. The maximum Gasteiger partial charge on any atom is 0.184 e. The molecule has 2 bridgehead atoms. The highest BCUT2D eigenvalue weighted by Crippen LogP contribution is 2.67. The van der Waals surface area contributed by atoms with Gasteiger partial charge in [-0.3, -0.25) is 14.4 Å². The van der Waals surface area contributed by atoms with E-state index in [1.807, 2.05) is 53.7 Å². The number of hydrogen-bond donors (Lipinski definition) is 3. The molecule has 49 heavy (non-hydrogen) atoms. The van der Waals surface area contributed by atoms with Crippen molar-refractivity contribution in [3.8, 4) is 11.5 Å². The number of carbonyl (C=O) groups excluding carboxylic acids is 3. The Morgan fingerprint density at radius 2 is 1.33 bits per heavy atom.